The van der Waals surface area contributed by atoms with Gasteiger partial charge >= 0.3 is 0 Å². The number of fused-ring (bicyclic) bond motifs is 1. The van der Waals surface area contributed by atoms with Gasteiger partial charge in [-0.15, -0.1) is 0 Å². The van der Waals surface area contributed by atoms with Crippen LogP contribution in [0.1, 0.15) is 11.3 Å². The molecule has 0 unspecified atom stereocenters. The van der Waals surface area contributed by atoms with Crippen LogP contribution in [0.15, 0.2) is 24.7 Å². The minimum absolute atomic E-state index is 0.500. The Morgan fingerprint density at radius 3 is 3.00 bits per heavy atom. The zero-order valence-corrected chi connectivity index (χ0v) is 11.3. The summed E-state index contributed by atoms with van der Waals surface area (Å²) in [6.07, 6.45) is 4.14. The summed E-state index contributed by atoms with van der Waals surface area (Å²) in [5.41, 5.74) is 3.16. The molecule has 98 valence electrons. The highest BCUT2D eigenvalue weighted by atomic mass is 35.5. The smallest absolute Gasteiger partial charge is 0.221 e. The van der Waals surface area contributed by atoms with Gasteiger partial charge in [-0.1, -0.05) is 11.6 Å². The van der Waals surface area contributed by atoms with Crippen LogP contribution in [0.5, 0.6) is 5.88 Å². The molecule has 0 N–H and O–H groups in total. The molecule has 3 heterocycles. The van der Waals surface area contributed by atoms with Crippen LogP contribution in [0.3, 0.4) is 0 Å². The number of methoxy groups -OCH3 is 1. The quantitative estimate of drug-likeness (QED) is 0.786. The molecule has 0 saturated heterocycles. The third kappa shape index (κ3) is 2.33. The predicted molar refractivity (Wildman–Crippen MR) is 72.6 cm³/mol. The average Bonchev–Trinajstić information content (AvgIpc) is 2.46. The maximum atomic E-state index is 5.94. The summed E-state index contributed by atoms with van der Waals surface area (Å²) >= 11 is 5.94. The fourth-order valence-electron chi connectivity index (χ4n) is 2.30. The second-order valence-corrected chi connectivity index (χ2v) is 4.70. The molecule has 5 nitrogen and oxygen atoms in total. The van der Waals surface area contributed by atoms with Crippen LogP contribution in [-0.2, 0) is 13.0 Å². The zero-order valence-electron chi connectivity index (χ0n) is 10.5. The Bertz CT molecular complexity index is 591. The van der Waals surface area contributed by atoms with Gasteiger partial charge in [0.05, 0.1) is 24.9 Å². The van der Waals surface area contributed by atoms with Crippen LogP contribution in [0.25, 0.3) is 0 Å². The van der Waals surface area contributed by atoms with E-state index in [-0.39, 0.29) is 0 Å². The monoisotopic (exact) mass is 276 g/mol. The number of aromatic nitrogens is 3. The van der Waals surface area contributed by atoms with Gasteiger partial charge in [-0.25, -0.2) is 15.0 Å². The third-order valence-corrected chi connectivity index (χ3v) is 3.44. The molecule has 2 aromatic heterocycles. The lowest BCUT2D eigenvalue weighted by Gasteiger charge is -2.30. The predicted octanol–water partition coefficient (Wildman–Crippen LogP) is 2.10. The van der Waals surface area contributed by atoms with Crippen molar-refractivity contribution >= 4 is 17.3 Å². The molecule has 0 atom stereocenters. The Morgan fingerprint density at radius 1 is 1.32 bits per heavy atom. The molecule has 19 heavy (non-hydrogen) atoms. The fraction of sp³-hybridized carbons (Fsp3) is 0.308. The molecule has 2 aromatic rings. The minimum atomic E-state index is 0.500. The molecule has 0 aliphatic carbocycles. The second kappa shape index (κ2) is 5.01. The number of anilines is 1. The van der Waals surface area contributed by atoms with Crippen LogP contribution in [0, 0.1) is 0 Å². The lowest BCUT2D eigenvalue weighted by atomic mass is 10.1. The summed E-state index contributed by atoms with van der Waals surface area (Å²) in [7, 11) is 1.63. The molecule has 0 amide bonds. The lowest BCUT2D eigenvalue weighted by Crippen LogP contribution is -2.31. The van der Waals surface area contributed by atoms with Gasteiger partial charge in [0, 0.05) is 24.8 Å². The van der Waals surface area contributed by atoms with Gasteiger partial charge in [-0.05, 0) is 12.1 Å². The van der Waals surface area contributed by atoms with Crippen molar-refractivity contribution in [3.8, 4) is 5.88 Å². The number of pyridine rings is 1. The summed E-state index contributed by atoms with van der Waals surface area (Å²) in [4.78, 5) is 14.7. The number of nitrogens with zero attached hydrogens (tertiary/aromatic N) is 4. The SMILES string of the molecule is COc1ncnc2c1CN(c1ccnc(Cl)c1)CC2. The summed E-state index contributed by atoms with van der Waals surface area (Å²) in [5, 5.41) is 0.500. The van der Waals surface area contributed by atoms with Crippen molar-refractivity contribution in [1.82, 2.24) is 15.0 Å². The molecular weight excluding hydrogens is 264 g/mol. The topological polar surface area (TPSA) is 51.1 Å². The highest BCUT2D eigenvalue weighted by Gasteiger charge is 2.21. The molecule has 1 aliphatic heterocycles. The van der Waals surface area contributed by atoms with Gasteiger partial charge in [0.15, 0.2) is 0 Å². The average molecular weight is 277 g/mol. The van der Waals surface area contributed by atoms with Crippen molar-refractivity contribution in [3.05, 3.63) is 41.1 Å². The van der Waals surface area contributed by atoms with Crippen LogP contribution in [0.2, 0.25) is 5.15 Å². The first kappa shape index (κ1) is 12.2. The number of rotatable bonds is 2. The fourth-order valence-corrected chi connectivity index (χ4v) is 2.47. The van der Waals surface area contributed by atoms with E-state index in [2.05, 4.69) is 19.9 Å². The largest absolute Gasteiger partial charge is 0.481 e. The second-order valence-electron chi connectivity index (χ2n) is 4.32. The van der Waals surface area contributed by atoms with Gasteiger partial charge in [0.1, 0.15) is 11.5 Å². The van der Waals surface area contributed by atoms with Crippen LogP contribution < -0.4 is 9.64 Å². The molecule has 0 bridgehead atoms. The summed E-state index contributed by atoms with van der Waals surface area (Å²) < 4.78 is 5.30. The molecule has 0 fully saturated rings. The standard InChI is InChI=1S/C13H13ClN4O/c1-19-13-10-7-18(5-3-11(10)16-8-17-13)9-2-4-15-12(14)6-9/h2,4,6,8H,3,5,7H2,1H3. The van der Waals surface area contributed by atoms with Crippen LogP contribution in [0.4, 0.5) is 5.69 Å². The van der Waals surface area contributed by atoms with E-state index in [1.54, 1.807) is 19.6 Å². The van der Waals surface area contributed by atoms with Crippen molar-refractivity contribution in [1.29, 1.82) is 0 Å². The summed E-state index contributed by atoms with van der Waals surface area (Å²) in [6, 6.07) is 3.82. The van der Waals surface area contributed by atoms with Gasteiger partial charge in [-0.2, -0.15) is 0 Å². The first-order chi connectivity index (χ1) is 9.28. The van der Waals surface area contributed by atoms with Gasteiger partial charge in [0.2, 0.25) is 5.88 Å². The summed E-state index contributed by atoms with van der Waals surface area (Å²) in [5.74, 6) is 0.648. The van der Waals surface area contributed by atoms with E-state index in [1.165, 1.54) is 0 Å². The number of ether oxygens (including phenoxy) is 1. The van der Waals surface area contributed by atoms with E-state index in [0.29, 0.717) is 11.0 Å². The Kier molecular flexibility index (Phi) is 3.21. The van der Waals surface area contributed by atoms with E-state index < -0.39 is 0 Å². The third-order valence-electron chi connectivity index (χ3n) is 3.23. The zero-order chi connectivity index (χ0) is 13.2. The molecule has 0 spiro atoms. The van der Waals surface area contributed by atoms with E-state index in [9.17, 15) is 0 Å². The normalized spacial score (nSPS) is 14.1. The highest BCUT2D eigenvalue weighted by Crippen LogP contribution is 2.28. The number of halogens is 1. The van der Waals surface area contributed by atoms with E-state index in [4.69, 9.17) is 16.3 Å². The van der Waals surface area contributed by atoms with E-state index in [1.807, 2.05) is 12.1 Å². The Labute approximate surface area is 116 Å². The van der Waals surface area contributed by atoms with E-state index in [0.717, 1.165) is 36.5 Å². The molecule has 6 heteroatoms. The van der Waals surface area contributed by atoms with E-state index >= 15 is 0 Å². The molecular formula is C13H13ClN4O. The maximum absolute atomic E-state index is 5.94. The minimum Gasteiger partial charge on any atom is -0.481 e. The first-order valence-corrected chi connectivity index (χ1v) is 6.39. The number of hydrogen-bond acceptors (Lipinski definition) is 5. The van der Waals surface area contributed by atoms with Crippen molar-refractivity contribution in [2.45, 2.75) is 13.0 Å². The molecule has 0 radical (unpaired) electrons. The Hall–Kier alpha value is -1.88. The highest BCUT2D eigenvalue weighted by molar-refractivity contribution is 6.29. The maximum Gasteiger partial charge on any atom is 0.221 e. The molecule has 1 aliphatic rings. The van der Waals surface area contributed by atoms with Gasteiger partial charge in [-0.3, -0.25) is 0 Å². The number of hydrogen-bond donors (Lipinski definition) is 0. The lowest BCUT2D eigenvalue weighted by molar-refractivity contribution is 0.387. The molecule has 3 rings (SSSR count). The van der Waals surface area contributed by atoms with Crippen LogP contribution >= 0.6 is 11.6 Å². The Morgan fingerprint density at radius 2 is 2.21 bits per heavy atom. The Balaban J connectivity index is 1.93. The van der Waals surface area contributed by atoms with Crippen LogP contribution in [-0.4, -0.2) is 28.6 Å². The molecule has 0 aromatic carbocycles. The van der Waals surface area contributed by atoms with Crippen molar-refractivity contribution in [2.75, 3.05) is 18.6 Å². The van der Waals surface area contributed by atoms with Gasteiger partial charge < -0.3 is 9.64 Å². The first-order valence-electron chi connectivity index (χ1n) is 6.01. The van der Waals surface area contributed by atoms with Crippen molar-refractivity contribution < 1.29 is 4.74 Å². The summed E-state index contributed by atoms with van der Waals surface area (Å²) in [6.45, 7) is 1.62. The van der Waals surface area contributed by atoms with Crippen molar-refractivity contribution in [3.63, 3.8) is 0 Å². The molecule has 0 saturated carbocycles. The van der Waals surface area contributed by atoms with Gasteiger partial charge in [0.25, 0.3) is 0 Å². The van der Waals surface area contributed by atoms with Crippen molar-refractivity contribution in [2.24, 2.45) is 0 Å².